The summed E-state index contributed by atoms with van der Waals surface area (Å²) in [6, 6.07) is 13.9. The topological polar surface area (TPSA) is 56.2 Å². The molecule has 27 heavy (non-hydrogen) atoms. The molecule has 0 bridgehead atoms. The lowest BCUT2D eigenvalue weighted by molar-refractivity contribution is -0.118. The summed E-state index contributed by atoms with van der Waals surface area (Å²) >= 11 is 1.37. The Balaban J connectivity index is 1.49. The van der Waals surface area contributed by atoms with Crippen LogP contribution < -0.4 is 10.1 Å². The van der Waals surface area contributed by atoms with Crippen LogP contribution in [0.25, 0.3) is 5.69 Å². The van der Waals surface area contributed by atoms with Crippen molar-refractivity contribution in [1.82, 2.24) is 14.9 Å². The molecule has 0 atom stereocenters. The van der Waals surface area contributed by atoms with Crippen LogP contribution in [0.3, 0.4) is 0 Å². The van der Waals surface area contributed by atoms with Gasteiger partial charge in [-0.3, -0.25) is 9.36 Å². The minimum Gasteiger partial charge on any atom is -0.497 e. The normalized spacial score (nSPS) is 10.6. The van der Waals surface area contributed by atoms with Crippen molar-refractivity contribution in [3.63, 3.8) is 0 Å². The van der Waals surface area contributed by atoms with Crippen LogP contribution in [0.15, 0.2) is 66.1 Å². The number of halogens is 1. The van der Waals surface area contributed by atoms with E-state index in [2.05, 4.69) is 10.3 Å². The van der Waals surface area contributed by atoms with Gasteiger partial charge in [0.25, 0.3) is 0 Å². The molecular formula is C20H20FN3O2S. The average molecular weight is 385 g/mol. The summed E-state index contributed by atoms with van der Waals surface area (Å²) in [6.45, 7) is 0.512. The zero-order valence-corrected chi connectivity index (χ0v) is 15.7. The highest BCUT2D eigenvalue weighted by Gasteiger charge is 2.09. The molecule has 1 heterocycles. The molecule has 0 fully saturated rings. The Morgan fingerprint density at radius 1 is 1.19 bits per heavy atom. The van der Waals surface area contributed by atoms with Crippen molar-refractivity contribution in [3.8, 4) is 11.4 Å². The van der Waals surface area contributed by atoms with E-state index in [0.29, 0.717) is 13.0 Å². The van der Waals surface area contributed by atoms with Gasteiger partial charge in [0, 0.05) is 24.6 Å². The van der Waals surface area contributed by atoms with Gasteiger partial charge < -0.3 is 10.1 Å². The van der Waals surface area contributed by atoms with Crippen molar-refractivity contribution in [1.29, 1.82) is 0 Å². The first-order valence-electron chi connectivity index (χ1n) is 8.47. The summed E-state index contributed by atoms with van der Waals surface area (Å²) in [5.41, 5.74) is 1.94. The number of nitrogens with zero attached hydrogens (tertiary/aromatic N) is 2. The first-order chi connectivity index (χ1) is 13.2. The van der Waals surface area contributed by atoms with E-state index in [-0.39, 0.29) is 17.5 Å². The van der Waals surface area contributed by atoms with Gasteiger partial charge in [-0.1, -0.05) is 23.9 Å². The summed E-state index contributed by atoms with van der Waals surface area (Å²) in [5, 5.41) is 3.62. The number of hydrogen-bond donors (Lipinski definition) is 1. The number of nitrogens with one attached hydrogen (secondary N) is 1. The Hall–Kier alpha value is -2.80. The number of carbonyl (C=O) groups is 1. The first kappa shape index (κ1) is 19.0. The number of ether oxygens (including phenoxy) is 1. The Morgan fingerprint density at radius 3 is 2.63 bits per heavy atom. The van der Waals surface area contributed by atoms with E-state index in [1.54, 1.807) is 25.4 Å². The van der Waals surface area contributed by atoms with Gasteiger partial charge in [-0.2, -0.15) is 0 Å². The number of methoxy groups -OCH3 is 1. The molecule has 0 unspecified atom stereocenters. The largest absolute Gasteiger partial charge is 0.497 e. The molecule has 0 saturated heterocycles. The molecule has 1 aromatic heterocycles. The minimum atomic E-state index is -0.258. The molecule has 0 aliphatic carbocycles. The fourth-order valence-electron chi connectivity index (χ4n) is 2.51. The maximum atomic E-state index is 12.9. The second kappa shape index (κ2) is 9.23. The number of aromatic nitrogens is 2. The van der Waals surface area contributed by atoms with Crippen LogP contribution >= 0.6 is 11.8 Å². The molecule has 2 aromatic carbocycles. The van der Waals surface area contributed by atoms with E-state index in [0.717, 1.165) is 22.2 Å². The molecule has 0 aliphatic rings. The molecule has 140 valence electrons. The molecule has 3 aromatic rings. The molecule has 1 amide bonds. The third-order valence-electron chi connectivity index (χ3n) is 3.94. The van der Waals surface area contributed by atoms with Gasteiger partial charge in [-0.15, -0.1) is 0 Å². The number of carbonyl (C=O) groups excluding carboxylic acids is 1. The lowest BCUT2D eigenvalue weighted by Crippen LogP contribution is -2.27. The number of hydrogen-bond acceptors (Lipinski definition) is 4. The molecule has 0 aliphatic heterocycles. The third-order valence-corrected chi connectivity index (χ3v) is 4.91. The molecular weight excluding hydrogens is 365 g/mol. The molecule has 0 spiro atoms. The van der Waals surface area contributed by atoms with Crippen molar-refractivity contribution in [3.05, 3.63) is 72.3 Å². The number of benzene rings is 2. The summed E-state index contributed by atoms with van der Waals surface area (Å²) in [4.78, 5) is 16.4. The predicted molar refractivity (Wildman–Crippen MR) is 104 cm³/mol. The van der Waals surface area contributed by atoms with Gasteiger partial charge >= 0.3 is 0 Å². The summed E-state index contributed by atoms with van der Waals surface area (Å²) in [7, 11) is 1.63. The third kappa shape index (κ3) is 5.34. The van der Waals surface area contributed by atoms with Crippen LogP contribution in [0.4, 0.5) is 4.39 Å². The molecule has 1 N–H and O–H groups in total. The lowest BCUT2D eigenvalue weighted by Gasteiger charge is -2.09. The highest BCUT2D eigenvalue weighted by atomic mass is 32.2. The Labute approximate surface area is 161 Å². The smallest absolute Gasteiger partial charge is 0.230 e. The lowest BCUT2D eigenvalue weighted by atomic mass is 10.1. The maximum Gasteiger partial charge on any atom is 0.230 e. The Bertz CT molecular complexity index is 879. The minimum absolute atomic E-state index is 0.0635. The Kier molecular flexibility index (Phi) is 6.49. The van der Waals surface area contributed by atoms with Crippen LogP contribution in [-0.2, 0) is 11.2 Å². The van der Waals surface area contributed by atoms with Crippen LogP contribution in [0.2, 0.25) is 0 Å². The van der Waals surface area contributed by atoms with Crippen molar-refractivity contribution in [2.24, 2.45) is 0 Å². The molecule has 5 nitrogen and oxygen atoms in total. The van der Waals surface area contributed by atoms with Crippen LogP contribution in [0.5, 0.6) is 5.75 Å². The highest BCUT2D eigenvalue weighted by Crippen LogP contribution is 2.22. The SMILES string of the molecule is COc1ccc(-n2ccnc2SCC(=O)NCCc2ccc(F)cc2)cc1. The van der Waals surface area contributed by atoms with Crippen LogP contribution in [0, 0.1) is 5.82 Å². The summed E-state index contributed by atoms with van der Waals surface area (Å²) in [5.74, 6) is 0.739. The zero-order valence-electron chi connectivity index (χ0n) is 14.9. The van der Waals surface area contributed by atoms with Gasteiger partial charge in [0.1, 0.15) is 11.6 Å². The number of thioether (sulfide) groups is 1. The van der Waals surface area contributed by atoms with Crippen molar-refractivity contribution in [2.75, 3.05) is 19.4 Å². The second-order valence-corrected chi connectivity index (χ2v) is 6.74. The standard InChI is InChI=1S/C20H20FN3O2S/c1-26-18-8-6-17(7-9-18)24-13-12-23-20(24)27-14-19(25)22-11-10-15-2-4-16(21)5-3-15/h2-9,12-13H,10-11,14H2,1H3,(H,22,25). The monoisotopic (exact) mass is 385 g/mol. The molecule has 7 heteroatoms. The van der Waals surface area contributed by atoms with Crippen molar-refractivity contribution >= 4 is 17.7 Å². The van der Waals surface area contributed by atoms with Crippen molar-refractivity contribution < 1.29 is 13.9 Å². The van der Waals surface area contributed by atoms with E-state index in [1.165, 1.54) is 23.9 Å². The van der Waals surface area contributed by atoms with Gasteiger partial charge in [-0.05, 0) is 48.4 Å². The fraction of sp³-hybridized carbons (Fsp3) is 0.200. The zero-order chi connectivity index (χ0) is 19.1. The fourth-order valence-corrected chi connectivity index (χ4v) is 3.32. The van der Waals surface area contributed by atoms with E-state index in [1.807, 2.05) is 35.0 Å². The molecule has 0 radical (unpaired) electrons. The van der Waals surface area contributed by atoms with E-state index in [9.17, 15) is 9.18 Å². The van der Waals surface area contributed by atoms with Gasteiger partial charge in [0.2, 0.25) is 5.91 Å². The highest BCUT2D eigenvalue weighted by molar-refractivity contribution is 7.99. The van der Waals surface area contributed by atoms with E-state index in [4.69, 9.17) is 4.74 Å². The van der Waals surface area contributed by atoms with Crippen LogP contribution in [0.1, 0.15) is 5.56 Å². The summed E-state index contributed by atoms with van der Waals surface area (Å²) in [6.07, 6.45) is 4.23. The predicted octanol–water partition coefficient (Wildman–Crippen LogP) is 3.47. The van der Waals surface area contributed by atoms with Crippen LogP contribution in [-0.4, -0.2) is 34.9 Å². The van der Waals surface area contributed by atoms with Gasteiger partial charge in [0.15, 0.2) is 5.16 Å². The van der Waals surface area contributed by atoms with Gasteiger partial charge in [-0.25, -0.2) is 9.37 Å². The second-order valence-electron chi connectivity index (χ2n) is 5.79. The van der Waals surface area contributed by atoms with E-state index < -0.39 is 0 Å². The maximum absolute atomic E-state index is 12.9. The number of imidazole rings is 1. The van der Waals surface area contributed by atoms with E-state index >= 15 is 0 Å². The molecule has 3 rings (SSSR count). The number of amides is 1. The Morgan fingerprint density at radius 2 is 1.93 bits per heavy atom. The molecule has 0 saturated carbocycles. The first-order valence-corrected chi connectivity index (χ1v) is 9.46. The summed E-state index contributed by atoms with van der Waals surface area (Å²) < 4.78 is 20.0. The average Bonchev–Trinajstić information content (AvgIpc) is 3.16. The van der Waals surface area contributed by atoms with Gasteiger partial charge in [0.05, 0.1) is 12.9 Å². The van der Waals surface area contributed by atoms with Crippen molar-refractivity contribution in [2.45, 2.75) is 11.6 Å². The number of rotatable bonds is 8. The quantitative estimate of drug-likeness (QED) is 0.603.